The number of ether oxygens (including phenoxy) is 2. The van der Waals surface area contributed by atoms with Crippen LogP contribution in [-0.4, -0.2) is 24.3 Å². The molecule has 1 saturated heterocycles. The molecule has 1 heterocycles. The third kappa shape index (κ3) is 3.89. The van der Waals surface area contributed by atoms with Crippen LogP contribution in [0.2, 0.25) is 0 Å². The first kappa shape index (κ1) is 17.0. The quantitative estimate of drug-likeness (QED) is 0.442. The topological polar surface area (TPSA) is 35.5 Å². The molecule has 3 nitrogen and oxygen atoms in total. The number of hydrogen-bond acceptors (Lipinski definition) is 3. The molecule has 2 aliphatic rings. The molecule has 0 saturated carbocycles. The first-order chi connectivity index (χ1) is 10.4. The molecule has 0 amide bonds. The minimum Gasteiger partial charge on any atom is -0.454 e. The number of fused-ring (bicyclic) bond motifs is 1. The predicted molar refractivity (Wildman–Crippen MR) is 88.5 cm³/mol. The van der Waals surface area contributed by atoms with Gasteiger partial charge in [0.2, 0.25) is 0 Å². The summed E-state index contributed by atoms with van der Waals surface area (Å²) in [5, 5.41) is 0. The van der Waals surface area contributed by atoms with Crippen molar-refractivity contribution in [3.8, 4) is 0 Å². The van der Waals surface area contributed by atoms with E-state index in [1.807, 2.05) is 0 Å². The third-order valence-electron chi connectivity index (χ3n) is 4.65. The van der Waals surface area contributed by atoms with Gasteiger partial charge in [0.05, 0.1) is 18.1 Å². The Labute approximate surface area is 134 Å². The molecule has 0 N–H and O–H groups in total. The second-order valence-electron chi connectivity index (χ2n) is 6.62. The van der Waals surface area contributed by atoms with Crippen molar-refractivity contribution in [1.82, 2.24) is 0 Å². The Morgan fingerprint density at radius 3 is 2.82 bits per heavy atom. The van der Waals surface area contributed by atoms with Gasteiger partial charge in [0.15, 0.2) is 0 Å². The monoisotopic (exact) mass is 304 g/mol. The molecule has 2 rings (SSSR count). The van der Waals surface area contributed by atoms with Gasteiger partial charge in [-0.05, 0) is 52.5 Å². The molecule has 0 aromatic heterocycles. The van der Waals surface area contributed by atoms with Crippen LogP contribution in [0.25, 0.3) is 0 Å². The molecule has 22 heavy (non-hydrogen) atoms. The zero-order valence-corrected chi connectivity index (χ0v) is 14.2. The Balaban J connectivity index is 2.35. The van der Waals surface area contributed by atoms with E-state index in [0.29, 0.717) is 5.57 Å². The standard InChI is InChI=1S/C19H28O3/c1-6-14(4)21-16-10-12(2)8-7-9-13(3)11-17-18(16)15(5)19(20)22-17/h8,11,14,16-18H,5-7,9-10H2,1-4H3. The lowest BCUT2D eigenvalue weighted by atomic mass is 9.85. The van der Waals surface area contributed by atoms with E-state index in [2.05, 4.69) is 46.4 Å². The lowest BCUT2D eigenvalue weighted by molar-refractivity contribution is -0.137. The highest BCUT2D eigenvalue weighted by Crippen LogP contribution is 2.36. The predicted octanol–water partition coefficient (Wildman–Crippen LogP) is 4.34. The molecule has 0 aromatic carbocycles. The van der Waals surface area contributed by atoms with E-state index in [1.54, 1.807) is 0 Å². The molecular formula is C19H28O3. The number of rotatable bonds is 3. The highest BCUT2D eigenvalue weighted by atomic mass is 16.6. The van der Waals surface area contributed by atoms with E-state index < -0.39 is 0 Å². The van der Waals surface area contributed by atoms with Gasteiger partial charge < -0.3 is 9.47 Å². The number of esters is 1. The Hall–Kier alpha value is -1.35. The van der Waals surface area contributed by atoms with Gasteiger partial charge in [0.1, 0.15) is 6.10 Å². The fourth-order valence-electron chi connectivity index (χ4n) is 3.15. The second-order valence-corrected chi connectivity index (χ2v) is 6.62. The molecule has 3 heteroatoms. The largest absolute Gasteiger partial charge is 0.454 e. The van der Waals surface area contributed by atoms with E-state index in [9.17, 15) is 4.79 Å². The van der Waals surface area contributed by atoms with Gasteiger partial charge in [-0.1, -0.05) is 30.7 Å². The lowest BCUT2D eigenvalue weighted by Gasteiger charge is -2.29. The maximum absolute atomic E-state index is 12.0. The highest BCUT2D eigenvalue weighted by molar-refractivity contribution is 5.91. The average Bonchev–Trinajstić information content (AvgIpc) is 2.72. The Morgan fingerprint density at radius 2 is 2.14 bits per heavy atom. The van der Waals surface area contributed by atoms with Crippen LogP contribution in [0.1, 0.15) is 53.4 Å². The molecule has 1 aliphatic carbocycles. The number of carbonyl (C=O) groups is 1. The van der Waals surface area contributed by atoms with Crippen LogP contribution >= 0.6 is 0 Å². The molecule has 0 spiro atoms. The summed E-state index contributed by atoms with van der Waals surface area (Å²) < 4.78 is 11.8. The maximum atomic E-state index is 12.0. The van der Waals surface area contributed by atoms with Gasteiger partial charge in [0.25, 0.3) is 0 Å². The van der Waals surface area contributed by atoms with E-state index in [4.69, 9.17) is 9.47 Å². The zero-order valence-electron chi connectivity index (χ0n) is 14.2. The van der Waals surface area contributed by atoms with Crippen molar-refractivity contribution in [3.63, 3.8) is 0 Å². The van der Waals surface area contributed by atoms with Crippen LogP contribution in [-0.2, 0) is 14.3 Å². The van der Waals surface area contributed by atoms with Gasteiger partial charge >= 0.3 is 5.97 Å². The van der Waals surface area contributed by atoms with E-state index in [-0.39, 0.29) is 30.2 Å². The van der Waals surface area contributed by atoms with Crippen molar-refractivity contribution >= 4 is 5.97 Å². The molecule has 4 unspecified atom stereocenters. The first-order valence-electron chi connectivity index (χ1n) is 8.30. The van der Waals surface area contributed by atoms with Gasteiger partial charge in [-0.25, -0.2) is 4.79 Å². The minimum atomic E-state index is -0.280. The van der Waals surface area contributed by atoms with E-state index in [0.717, 1.165) is 25.7 Å². The molecule has 1 fully saturated rings. The van der Waals surface area contributed by atoms with E-state index in [1.165, 1.54) is 11.1 Å². The summed E-state index contributed by atoms with van der Waals surface area (Å²) in [6, 6.07) is 0. The fraction of sp³-hybridized carbons (Fsp3) is 0.632. The van der Waals surface area contributed by atoms with Crippen molar-refractivity contribution in [2.75, 3.05) is 0 Å². The summed E-state index contributed by atoms with van der Waals surface area (Å²) in [6.45, 7) is 12.4. The van der Waals surface area contributed by atoms with Crippen LogP contribution < -0.4 is 0 Å². The maximum Gasteiger partial charge on any atom is 0.334 e. The van der Waals surface area contributed by atoms with Crippen LogP contribution in [0, 0.1) is 5.92 Å². The third-order valence-corrected chi connectivity index (χ3v) is 4.65. The SMILES string of the molecule is C=C1C(=O)OC2C=C(C)CCC=C(C)CC(OC(C)CC)C12. The average molecular weight is 304 g/mol. The smallest absolute Gasteiger partial charge is 0.334 e. The van der Waals surface area contributed by atoms with Crippen LogP contribution in [0.5, 0.6) is 0 Å². The van der Waals surface area contributed by atoms with Crippen molar-refractivity contribution < 1.29 is 14.3 Å². The summed E-state index contributed by atoms with van der Waals surface area (Å²) in [4.78, 5) is 12.0. The molecule has 0 radical (unpaired) electrons. The fourth-order valence-corrected chi connectivity index (χ4v) is 3.15. The number of allylic oxidation sites excluding steroid dienone is 2. The Kier molecular flexibility index (Phi) is 5.63. The van der Waals surface area contributed by atoms with Crippen LogP contribution in [0.4, 0.5) is 0 Å². The van der Waals surface area contributed by atoms with Crippen molar-refractivity contribution in [3.05, 3.63) is 35.5 Å². The van der Waals surface area contributed by atoms with Gasteiger partial charge in [-0.15, -0.1) is 0 Å². The molecule has 0 bridgehead atoms. The van der Waals surface area contributed by atoms with Gasteiger partial charge in [-0.2, -0.15) is 0 Å². The van der Waals surface area contributed by atoms with Crippen LogP contribution in [0.3, 0.4) is 0 Å². The summed E-state index contributed by atoms with van der Waals surface area (Å²) in [7, 11) is 0. The summed E-state index contributed by atoms with van der Waals surface area (Å²) in [5.74, 6) is -0.365. The lowest BCUT2D eigenvalue weighted by Crippen LogP contribution is -2.33. The van der Waals surface area contributed by atoms with E-state index >= 15 is 0 Å². The summed E-state index contributed by atoms with van der Waals surface area (Å²) in [5.41, 5.74) is 3.12. The van der Waals surface area contributed by atoms with Crippen molar-refractivity contribution in [1.29, 1.82) is 0 Å². The summed E-state index contributed by atoms with van der Waals surface area (Å²) in [6.07, 6.45) is 8.04. The van der Waals surface area contributed by atoms with Gasteiger partial charge in [-0.3, -0.25) is 0 Å². The Bertz CT molecular complexity index is 501. The Morgan fingerprint density at radius 1 is 1.41 bits per heavy atom. The highest BCUT2D eigenvalue weighted by Gasteiger charge is 2.43. The molecular weight excluding hydrogens is 276 g/mol. The molecule has 1 aliphatic heterocycles. The van der Waals surface area contributed by atoms with Crippen LogP contribution in [0.15, 0.2) is 35.5 Å². The summed E-state index contributed by atoms with van der Waals surface area (Å²) >= 11 is 0. The normalized spacial score (nSPS) is 31.0. The van der Waals surface area contributed by atoms with Gasteiger partial charge in [0, 0.05) is 5.57 Å². The molecule has 0 aromatic rings. The molecule has 122 valence electrons. The molecule has 4 atom stereocenters. The van der Waals surface area contributed by atoms with Crippen molar-refractivity contribution in [2.45, 2.75) is 71.7 Å². The van der Waals surface area contributed by atoms with Crippen molar-refractivity contribution in [2.24, 2.45) is 5.92 Å². The number of hydrogen-bond donors (Lipinski definition) is 0. The first-order valence-corrected chi connectivity index (χ1v) is 8.30. The minimum absolute atomic E-state index is 0.0581. The zero-order chi connectivity index (χ0) is 16.3. The second kappa shape index (κ2) is 7.28. The number of carbonyl (C=O) groups excluding carboxylic acids is 1.